The predicted molar refractivity (Wildman–Crippen MR) is 79.5 cm³/mol. The van der Waals surface area contributed by atoms with Gasteiger partial charge < -0.3 is 10.1 Å². The molecule has 0 fully saturated rings. The smallest absolute Gasteiger partial charge is 0.131 e. The van der Waals surface area contributed by atoms with Gasteiger partial charge in [0.15, 0.2) is 0 Å². The third-order valence-electron chi connectivity index (χ3n) is 3.27. The van der Waals surface area contributed by atoms with Crippen LogP contribution in [-0.4, -0.2) is 13.7 Å². The van der Waals surface area contributed by atoms with E-state index < -0.39 is 17.7 Å². The summed E-state index contributed by atoms with van der Waals surface area (Å²) < 4.78 is 33.8. The van der Waals surface area contributed by atoms with Crippen molar-refractivity contribution in [1.29, 1.82) is 0 Å². The predicted octanol–water partition coefficient (Wildman–Crippen LogP) is 4.06. The van der Waals surface area contributed by atoms with Gasteiger partial charge in [-0.15, -0.1) is 0 Å². The van der Waals surface area contributed by atoms with Crippen molar-refractivity contribution in [3.8, 4) is 5.75 Å². The summed E-state index contributed by atoms with van der Waals surface area (Å²) in [5, 5.41) is 2.97. The first-order valence-electron chi connectivity index (χ1n) is 7.02. The van der Waals surface area contributed by atoms with E-state index in [0.717, 1.165) is 12.0 Å². The third-order valence-corrected chi connectivity index (χ3v) is 3.27. The molecule has 1 N–H and O–H groups in total. The van der Waals surface area contributed by atoms with Crippen molar-refractivity contribution in [2.45, 2.75) is 19.4 Å². The number of hydrogen-bond acceptors (Lipinski definition) is 2. The van der Waals surface area contributed by atoms with Gasteiger partial charge in [0.25, 0.3) is 0 Å². The number of benzene rings is 2. The highest BCUT2D eigenvalue weighted by atomic mass is 19.1. The van der Waals surface area contributed by atoms with Gasteiger partial charge >= 0.3 is 0 Å². The zero-order chi connectivity index (χ0) is 15.2. The molecular formula is C17H19F2NO. The average molecular weight is 291 g/mol. The topological polar surface area (TPSA) is 21.3 Å². The fourth-order valence-corrected chi connectivity index (χ4v) is 2.30. The van der Waals surface area contributed by atoms with Gasteiger partial charge in [-0.2, -0.15) is 0 Å². The Morgan fingerprint density at radius 1 is 1.05 bits per heavy atom. The van der Waals surface area contributed by atoms with Crippen molar-refractivity contribution in [2.24, 2.45) is 0 Å². The zero-order valence-electron chi connectivity index (χ0n) is 12.2. The average Bonchev–Trinajstić information content (AvgIpc) is 2.49. The molecule has 0 saturated heterocycles. The van der Waals surface area contributed by atoms with E-state index in [2.05, 4.69) is 5.32 Å². The van der Waals surface area contributed by atoms with Gasteiger partial charge in [0.1, 0.15) is 17.4 Å². The van der Waals surface area contributed by atoms with Crippen LogP contribution in [0.1, 0.15) is 30.5 Å². The molecule has 1 unspecified atom stereocenters. The minimum atomic E-state index is -0.598. The van der Waals surface area contributed by atoms with E-state index in [1.54, 1.807) is 7.05 Å². The van der Waals surface area contributed by atoms with Gasteiger partial charge in [-0.05, 0) is 31.7 Å². The quantitative estimate of drug-likeness (QED) is 0.866. The number of halogens is 2. The van der Waals surface area contributed by atoms with Gasteiger partial charge in [-0.3, -0.25) is 0 Å². The van der Waals surface area contributed by atoms with Crippen LogP contribution in [-0.2, 0) is 0 Å². The number of para-hydroxylation sites is 1. The normalized spacial score (nSPS) is 12.2. The maximum Gasteiger partial charge on any atom is 0.131 e. The molecule has 2 rings (SSSR count). The lowest BCUT2D eigenvalue weighted by Gasteiger charge is -2.21. The van der Waals surface area contributed by atoms with E-state index in [4.69, 9.17) is 4.74 Å². The molecule has 21 heavy (non-hydrogen) atoms. The van der Waals surface area contributed by atoms with Gasteiger partial charge in [-0.25, -0.2) is 8.78 Å². The monoisotopic (exact) mass is 291 g/mol. The minimum absolute atomic E-state index is 0.00699. The molecular weight excluding hydrogens is 272 g/mol. The molecule has 0 spiro atoms. The lowest BCUT2D eigenvalue weighted by atomic mass is 9.97. The van der Waals surface area contributed by atoms with E-state index in [-0.39, 0.29) is 5.56 Å². The molecule has 0 bridgehead atoms. The Balaban J connectivity index is 2.47. The molecule has 4 heteroatoms. The number of rotatable bonds is 6. The van der Waals surface area contributed by atoms with Crippen molar-refractivity contribution >= 4 is 0 Å². The van der Waals surface area contributed by atoms with Crippen molar-refractivity contribution in [1.82, 2.24) is 5.32 Å². The Kier molecular flexibility index (Phi) is 5.28. The molecule has 2 aromatic carbocycles. The second-order valence-electron chi connectivity index (χ2n) is 4.74. The summed E-state index contributed by atoms with van der Waals surface area (Å²) in [5.41, 5.74) is 0.727. The van der Waals surface area contributed by atoms with Gasteiger partial charge in [0, 0.05) is 11.1 Å². The first kappa shape index (κ1) is 15.4. The molecule has 0 amide bonds. The maximum absolute atomic E-state index is 14.0. The zero-order valence-corrected chi connectivity index (χ0v) is 12.2. The molecule has 0 radical (unpaired) electrons. The molecule has 112 valence electrons. The van der Waals surface area contributed by atoms with Crippen LogP contribution < -0.4 is 10.1 Å². The summed E-state index contributed by atoms with van der Waals surface area (Å²) in [6.07, 6.45) is 0.868. The van der Waals surface area contributed by atoms with Crippen LogP contribution in [0, 0.1) is 11.6 Å². The van der Waals surface area contributed by atoms with Crippen LogP contribution >= 0.6 is 0 Å². The molecule has 0 heterocycles. The second-order valence-corrected chi connectivity index (χ2v) is 4.74. The lowest BCUT2D eigenvalue weighted by molar-refractivity contribution is 0.311. The Morgan fingerprint density at radius 3 is 2.33 bits per heavy atom. The van der Waals surface area contributed by atoms with E-state index >= 15 is 0 Å². The van der Waals surface area contributed by atoms with Gasteiger partial charge in [0.2, 0.25) is 0 Å². The standard InChI is InChI=1S/C17H19F2NO/c1-3-11-21-15-10-5-4-7-12(15)17(20-2)16-13(18)8-6-9-14(16)19/h4-10,17,20H,3,11H2,1-2H3. The Labute approximate surface area is 123 Å². The van der Waals surface area contributed by atoms with Crippen LogP contribution in [0.15, 0.2) is 42.5 Å². The minimum Gasteiger partial charge on any atom is -0.493 e. The molecule has 1 atom stereocenters. The highest BCUT2D eigenvalue weighted by Crippen LogP contribution is 2.32. The number of nitrogens with one attached hydrogen (secondary N) is 1. The van der Waals surface area contributed by atoms with Crippen LogP contribution in [0.3, 0.4) is 0 Å². The highest BCUT2D eigenvalue weighted by Gasteiger charge is 2.23. The van der Waals surface area contributed by atoms with Crippen molar-refractivity contribution in [2.75, 3.05) is 13.7 Å². The number of hydrogen-bond donors (Lipinski definition) is 1. The molecule has 0 aliphatic rings. The fraction of sp³-hybridized carbons (Fsp3) is 0.294. The van der Waals surface area contributed by atoms with Gasteiger partial charge in [0.05, 0.1) is 12.6 Å². The van der Waals surface area contributed by atoms with Crippen molar-refractivity contribution in [3.63, 3.8) is 0 Å². The van der Waals surface area contributed by atoms with Crippen LogP contribution in [0.25, 0.3) is 0 Å². The van der Waals surface area contributed by atoms with E-state index in [9.17, 15) is 8.78 Å². The van der Waals surface area contributed by atoms with Crippen molar-refractivity contribution in [3.05, 3.63) is 65.2 Å². The molecule has 2 nitrogen and oxygen atoms in total. The summed E-state index contributed by atoms with van der Waals surface area (Å²) >= 11 is 0. The van der Waals surface area contributed by atoms with E-state index in [0.29, 0.717) is 12.4 Å². The maximum atomic E-state index is 14.0. The first-order chi connectivity index (χ1) is 10.2. The Hall–Kier alpha value is -1.94. The van der Waals surface area contributed by atoms with Crippen LogP contribution in [0.5, 0.6) is 5.75 Å². The molecule has 0 aliphatic carbocycles. The van der Waals surface area contributed by atoms with Gasteiger partial charge in [-0.1, -0.05) is 31.2 Å². The summed E-state index contributed by atoms with van der Waals surface area (Å²) in [6.45, 7) is 2.57. The second kappa shape index (κ2) is 7.18. The molecule has 0 aliphatic heterocycles. The largest absolute Gasteiger partial charge is 0.493 e. The summed E-state index contributed by atoms with van der Waals surface area (Å²) in [6, 6.07) is 10.6. The molecule has 0 saturated carbocycles. The fourth-order valence-electron chi connectivity index (χ4n) is 2.30. The van der Waals surface area contributed by atoms with Crippen molar-refractivity contribution < 1.29 is 13.5 Å². The van der Waals surface area contributed by atoms with Crippen LogP contribution in [0.2, 0.25) is 0 Å². The summed E-state index contributed by atoms with van der Waals surface area (Å²) in [5.74, 6) is -0.499. The Bertz CT molecular complexity index is 581. The highest BCUT2D eigenvalue weighted by molar-refractivity contribution is 5.42. The van der Waals surface area contributed by atoms with Crippen LogP contribution in [0.4, 0.5) is 8.78 Å². The first-order valence-corrected chi connectivity index (χ1v) is 7.02. The Morgan fingerprint density at radius 2 is 1.71 bits per heavy atom. The summed E-state index contributed by atoms with van der Waals surface area (Å²) in [7, 11) is 1.67. The third kappa shape index (κ3) is 3.39. The lowest BCUT2D eigenvalue weighted by Crippen LogP contribution is -2.21. The molecule has 0 aromatic heterocycles. The molecule has 2 aromatic rings. The summed E-state index contributed by atoms with van der Waals surface area (Å²) in [4.78, 5) is 0. The van der Waals surface area contributed by atoms with E-state index in [1.165, 1.54) is 18.2 Å². The number of ether oxygens (including phenoxy) is 1. The van der Waals surface area contributed by atoms with E-state index in [1.807, 2.05) is 31.2 Å². The SMILES string of the molecule is CCCOc1ccccc1C(NC)c1c(F)cccc1F.